The van der Waals surface area contributed by atoms with Gasteiger partial charge in [0, 0.05) is 12.0 Å². The summed E-state index contributed by atoms with van der Waals surface area (Å²) in [7, 11) is 0. The van der Waals surface area contributed by atoms with Gasteiger partial charge >= 0.3 is 0 Å². The van der Waals surface area contributed by atoms with Crippen LogP contribution < -0.4 is 16.2 Å². The second-order valence-electron chi connectivity index (χ2n) is 5.73. The van der Waals surface area contributed by atoms with Gasteiger partial charge in [0.25, 0.3) is 0 Å². The van der Waals surface area contributed by atoms with Crippen LogP contribution in [0.15, 0.2) is 30.3 Å². The number of nitrogens with one attached hydrogen (secondary N) is 4. The molecular weight excluding hydrogens is 280 g/mol. The van der Waals surface area contributed by atoms with Crippen LogP contribution >= 0.6 is 0 Å². The number of amides is 1. The predicted molar refractivity (Wildman–Crippen MR) is 83.0 cm³/mol. The van der Waals surface area contributed by atoms with Crippen molar-refractivity contribution in [3.8, 4) is 0 Å². The molecule has 2 atom stereocenters. The number of aromatic nitrogens is 3. The van der Waals surface area contributed by atoms with Crippen LogP contribution in [-0.2, 0) is 4.79 Å². The van der Waals surface area contributed by atoms with E-state index in [1.165, 1.54) is 0 Å². The topological polar surface area (TPSA) is 94.7 Å². The summed E-state index contributed by atoms with van der Waals surface area (Å²) in [5, 5.41) is 9.57. The number of nitrogens with zero attached hydrogens (tertiary/aromatic N) is 2. The molecule has 1 amide bonds. The average molecular weight is 300 g/mol. The molecule has 1 aliphatic heterocycles. The van der Waals surface area contributed by atoms with Crippen LogP contribution in [0.3, 0.4) is 0 Å². The lowest BCUT2D eigenvalue weighted by Gasteiger charge is -2.09. The second kappa shape index (κ2) is 6.25. The molecule has 0 aliphatic carbocycles. The molecule has 3 rings (SSSR count). The lowest BCUT2D eigenvalue weighted by molar-refractivity contribution is -0.117. The number of hydrogen-bond donors (Lipinski definition) is 4. The van der Waals surface area contributed by atoms with Crippen LogP contribution in [-0.4, -0.2) is 27.1 Å². The zero-order valence-corrected chi connectivity index (χ0v) is 12.6. The number of rotatable bonds is 4. The zero-order valence-electron chi connectivity index (χ0n) is 12.6. The fourth-order valence-corrected chi connectivity index (χ4v) is 2.42. The van der Waals surface area contributed by atoms with Crippen LogP contribution in [0.1, 0.15) is 43.6 Å². The van der Waals surface area contributed by atoms with Crippen molar-refractivity contribution in [1.29, 1.82) is 0 Å². The molecule has 7 heteroatoms. The van der Waals surface area contributed by atoms with Crippen LogP contribution in [0.2, 0.25) is 0 Å². The molecule has 1 aliphatic rings. The van der Waals surface area contributed by atoms with Gasteiger partial charge in [0.1, 0.15) is 11.9 Å². The van der Waals surface area contributed by atoms with E-state index >= 15 is 0 Å². The molecule has 7 nitrogen and oxygen atoms in total. The number of anilines is 1. The van der Waals surface area contributed by atoms with E-state index in [0.29, 0.717) is 12.4 Å². The molecule has 1 aromatic heterocycles. The predicted octanol–water partition coefficient (Wildman–Crippen LogP) is 1.47. The first-order valence-electron chi connectivity index (χ1n) is 7.42. The van der Waals surface area contributed by atoms with Gasteiger partial charge in [-0.25, -0.2) is 10.9 Å². The van der Waals surface area contributed by atoms with E-state index in [2.05, 4.69) is 31.3 Å². The third kappa shape index (κ3) is 3.15. The van der Waals surface area contributed by atoms with E-state index < -0.39 is 0 Å². The van der Waals surface area contributed by atoms with Gasteiger partial charge in [-0.1, -0.05) is 44.2 Å². The molecule has 0 saturated carbocycles. The largest absolute Gasteiger partial charge is 0.292 e. The lowest BCUT2D eigenvalue weighted by Crippen LogP contribution is -2.39. The first kappa shape index (κ1) is 14.7. The minimum Gasteiger partial charge on any atom is -0.292 e. The van der Waals surface area contributed by atoms with Crippen molar-refractivity contribution in [2.75, 3.05) is 5.32 Å². The van der Waals surface area contributed by atoms with Gasteiger partial charge in [-0.3, -0.25) is 15.2 Å². The summed E-state index contributed by atoms with van der Waals surface area (Å²) in [4.78, 5) is 16.5. The van der Waals surface area contributed by atoms with Crippen LogP contribution in [0.5, 0.6) is 0 Å². The molecule has 1 aromatic carbocycles. The maximum Gasteiger partial charge on any atom is 0.248 e. The van der Waals surface area contributed by atoms with E-state index in [1.807, 2.05) is 44.2 Å². The van der Waals surface area contributed by atoms with Gasteiger partial charge in [0.05, 0.1) is 0 Å². The highest BCUT2D eigenvalue weighted by atomic mass is 16.2. The lowest BCUT2D eigenvalue weighted by atomic mass is 10.0. The van der Waals surface area contributed by atoms with Crippen molar-refractivity contribution < 1.29 is 4.79 Å². The molecule has 2 unspecified atom stereocenters. The Bertz CT molecular complexity index is 638. The summed E-state index contributed by atoms with van der Waals surface area (Å²) in [6.45, 7) is 4.03. The number of hydrogen-bond acceptors (Lipinski definition) is 5. The van der Waals surface area contributed by atoms with Crippen LogP contribution in [0, 0.1) is 0 Å². The Morgan fingerprint density at radius 1 is 1.27 bits per heavy atom. The van der Waals surface area contributed by atoms with E-state index in [9.17, 15) is 4.79 Å². The number of H-pyrrole nitrogens is 1. The normalized spacial score (nSPS) is 21.2. The summed E-state index contributed by atoms with van der Waals surface area (Å²) < 4.78 is 0. The molecule has 2 aromatic rings. The highest BCUT2D eigenvalue weighted by Crippen LogP contribution is 2.22. The number of carbonyl (C=O) groups is 1. The zero-order chi connectivity index (χ0) is 15.5. The van der Waals surface area contributed by atoms with Crippen molar-refractivity contribution in [2.45, 2.75) is 38.3 Å². The third-order valence-corrected chi connectivity index (χ3v) is 3.71. The van der Waals surface area contributed by atoms with E-state index in [-0.39, 0.29) is 23.9 Å². The van der Waals surface area contributed by atoms with Crippen molar-refractivity contribution in [1.82, 2.24) is 26.0 Å². The number of benzene rings is 1. The molecule has 0 radical (unpaired) electrons. The Labute approximate surface area is 128 Å². The SMILES string of the molecule is CC(C)c1nc(NC(=O)C2CC(c3ccccc3)NN2)n[nH]1. The molecule has 1 saturated heterocycles. The molecule has 2 heterocycles. The summed E-state index contributed by atoms with van der Waals surface area (Å²) in [6, 6.07) is 9.86. The van der Waals surface area contributed by atoms with Gasteiger partial charge < -0.3 is 0 Å². The average Bonchev–Trinajstić information content (AvgIpc) is 3.17. The molecule has 4 N–H and O–H groups in total. The molecule has 116 valence electrons. The highest BCUT2D eigenvalue weighted by molar-refractivity contribution is 5.93. The van der Waals surface area contributed by atoms with Crippen molar-refractivity contribution in [3.05, 3.63) is 41.7 Å². The smallest absolute Gasteiger partial charge is 0.248 e. The first-order valence-corrected chi connectivity index (χ1v) is 7.42. The highest BCUT2D eigenvalue weighted by Gasteiger charge is 2.30. The minimum absolute atomic E-state index is 0.121. The number of hydrazine groups is 1. The molecular formula is C15H20N6O. The third-order valence-electron chi connectivity index (χ3n) is 3.71. The van der Waals surface area contributed by atoms with Gasteiger partial charge in [0.2, 0.25) is 11.9 Å². The van der Waals surface area contributed by atoms with E-state index in [0.717, 1.165) is 11.4 Å². The van der Waals surface area contributed by atoms with Crippen molar-refractivity contribution in [3.63, 3.8) is 0 Å². The number of carbonyl (C=O) groups excluding carboxylic acids is 1. The summed E-state index contributed by atoms with van der Waals surface area (Å²) >= 11 is 0. The summed E-state index contributed by atoms with van der Waals surface area (Å²) in [6.07, 6.45) is 0.678. The summed E-state index contributed by atoms with van der Waals surface area (Å²) in [5.41, 5.74) is 7.34. The van der Waals surface area contributed by atoms with E-state index in [4.69, 9.17) is 0 Å². The summed E-state index contributed by atoms with van der Waals surface area (Å²) in [5.74, 6) is 1.18. The van der Waals surface area contributed by atoms with Gasteiger partial charge in [-0.05, 0) is 12.0 Å². The van der Waals surface area contributed by atoms with Gasteiger partial charge in [0.15, 0.2) is 0 Å². The number of aromatic amines is 1. The molecule has 22 heavy (non-hydrogen) atoms. The van der Waals surface area contributed by atoms with Gasteiger partial charge in [-0.2, -0.15) is 4.98 Å². The molecule has 1 fully saturated rings. The van der Waals surface area contributed by atoms with E-state index in [1.54, 1.807) is 0 Å². The fourth-order valence-electron chi connectivity index (χ4n) is 2.42. The minimum atomic E-state index is -0.314. The Morgan fingerprint density at radius 3 is 2.73 bits per heavy atom. The van der Waals surface area contributed by atoms with Crippen molar-refractivity contribution >= 4 is 11.9 Å². The Hall–Kier alpha value is -2.25. The molecule has 0 bridgehead atoms. The van der Waals surface area contributed by atoms with Crippen molar-refractivity contribution in [2.24, 2.45) is 0 Å². The maximum atomic E-state index is 12.3. The first-order chi connectivity index (χ1) is 10.6. The molecule has 0 spiro atoms. The standard InChI is InChI=1S/C15H20N6O/c1-9(2)13-16-15(21-20-13)17-14(22)12-8-11(18-19-12)10-6-4-3-5-7-10/h3-7,9,11-12,18-19H,8H2,1-2H3,(H2,16,17,20,21,22). The Balaban J connectivity index is 1.59. The monoisotopic (exact) mass is 300 g/mol. The Morgan fingerprint density at radius 2 is 2.05 bits per heavy atom. The Kier molecular flexibility index (Phi) is 4.17. The van der Waals surface area contributed by atoms with Gasteiger partial charge in [-0.15, -0.1) is 5.10 Å². The van der Waals surface area contributed by atoms with Crippen LogP contribution in [0.25, 0.3) is 0 Å². The maximum absolute atomic E-state index is 12.3. The fraction of sp³-hybridized carbons (Fsp3) is 0.400. The van der Waals surface area contributed by atoms with Crippen LogP contribution in [0.4, 0.5) is 5.95 Å². The second-order valence-corrected chi connectivity index (χ2v) is 5.73. The quantitative estimate of drug-likeness (QED) is 0.686.